The molecule has 0 saturated heterocycles. The summed E-state index contributed by atoms with van der Waals surface area (Å²) >= 11 is 0. The maximum Gasteiger partial charge on any atom is 0.0630 e. The Bertz CT molecular complexity index is 111. The van der Waals surface area contributed by atoms with Gasteiger partial charge in [0.05, 0.1) is 6.61 Å². The highest BCUT2D eigenvalue weighted by molar-refractivity contribution is 4.74. The highest BCUT2D eigenvalue weighted by Crippen LogP contribution is 2.04. The summed E-state index contributed by atoms with van der Waals surface area (Å²) < 4.78 is 5.21. The lowest BCUT2D eigenvalue weighted by Gasteiger charge is -2.33. The van der Waals surface area contributed by atoms with Crippen molar-refractivity contribution in [2.75, 3.05) is 33.9 Å². The number of nitrogens with one attached hydrogen (secondary N) is 1. The van der Waals surface area contributed by atoms with E-state index in [1.165, 1.54) is 0 Å². The molecule has 0 aromatic heterocycles. The fourth-order valence-corrected chi connectivity index (χ4v) is 1.74. The first kappa shape index (κ1) is 12.9. The maximum absolute atomic E-state index is 5.21. The number of hydrogen-bond acceptors (Lipinski definition) is 3. The van der Waals surface area contributed by atoms with E-state index in [0.717, 1.165) is 19.7 Å². The quantitative estimate of drug-likeness (QED) is 0.644. The molecule has 0 aliphatic carbocycles. The smallest absolute Gasteiger partial charge is 0.0630 e. The van der Waals surface area contributed by atoms with E-state index in [1.807, 2.05) is 7.05 Å². The van der Waals surface area contributed by atoms with Gasteiger partial charge in [-0.2, -0.15) is 0 Å². The van der Waals surface area contributed by atoms with Crippen LogP contribution in [0.25, 0.3) is 0 Å². The van der Waals surface area contributed by atoms with Crippen molar-refractivity contribution in [1.82, 2.24) is 10.2 Å². The highest BCUT2D eigenvalue weighted by atomic mass is 16.5. The van der Waals surface area contributed by atoms with Gasteiger partial charge in [0.25, 0.3) is 0 Å². The monoisotopic (exact) mass is 188 g/mol. The number of hydrogen-bond donors (Lipinski definition) is 1. The van der Waals surface area contributed by atoms with E-state index in [1.54, 1.807) is 7.11 Å². The van der Waals surface area contributed by atoms with Gasteiger partial charge in [0.15, 0.2) is 0 Å². The molecule has 0 radical (unpaired) electrons. The Kier molecular flexibility index (Phi) is 7.23. The lowest BCUT2D eigenvalue weighted by atomic mass is 10.2. The fraction of sp³-hybridized carbons (Fsp3) is 1.00. The molecule has 0 saturated carbocycles. The SMILES string of the molecule is CCN(C(C)C)C(CNC)COC. The summed E-state index contributed by atoms with van der Waals surface area (Å²) in [6.45, 7) is 9.50. The highest BCUT2D eigenvalue weighted by Gasteiger charge is 2.18. The summed E-state index contributed by atoms with van der Waals surface area (Å²) in [7, 11) is 3.74. The Balaban J connectivity index is 4.11. The normalized spacial score (nSPS) is 14.1. The predicted octanol–water partition coefficient (Wildman–Crippen LogP) is 0.951. The van der Waals surface area contributed by atoms with E-state index in [9.17, 15) is 0 Å². The van der Waals surface area contributed by atoms with E-state index < -0.39 is 0 Å². The number of methoxy groups -OCH3 is 1. The Morgan fingerprint density at radius 2 is 2.00 bits per heavy atom. The van der Waals surface area contributed by atoms with Crippen LogP contribution in [0, 0.1) is 0 Å². The van der Waals surface area contributed by atoms with Gasteiger partial charge in [-0.25, -0.2) is 0 Å². The molecule has 0 fully saturated rings. The van der Waals surface area contributed by atoms with Crippen LogP contribution < -0.4 is 5.32 Å². The predicted molar refractivity (Wildman–Crippen MR) is 57.1 cm³/mol. The van der Waals surface area contributed by atoms with Crippen molar-refractivity contribution in [3.63, 3.8) is 0 Å². The number of nitrogens with zero attached hydrogens (tertiary/aromatic N) is 1. The van der Waals surface area contributed by atoms with Crippen molar-refractivity contribution in [3.05, 3.63) is 0 Å². The van der Waals surface area contributed by atoms with Gasteiger partial charge in [0.2, 0.25) is 0 Å². The van der Waals surface area contributed by atoms with Crippen LogP contribution in [-0.4, -0.2) is 50.8 Å². The molecule has 3 heteroatoms. The summed E-state index contributed by atoms with van der Waals surface area (Å²) in [4.78, 5) is 2.44. The molecule has 80 valence electrons. The average Bonchev–Trinajstić information content (AvgIpc) is 2.05. The second-order valence-corrected chi connectivity index (χ2v) is 3.59. The molecule has 0 aromatic rings. The minimum Gasteiger partial charge on any atom is -0.383 e. The van der Waals surface area contributed by atoms with E-state index in [2.05, 4.69) is 31.0 Å². The van der Waals surface area contributed by atoms with Gasteiger partial charge in [-0.15, -0.1) is 0 Å². The molecule has 0 aliphatic heterocycles. The molecule has 3 nitrogen and oxygen atoms in total. The minimum atomic E-state index is 0.486. The summed E-state index contributed by atoms with van der Waals surface area (Å²) in [5.41, 5.74) is 0. The van der Waals surface area contributed by atoms with Gasteiger partial charge in [0.1, 0.15) is 0 Å². The Labute approximate surface area is 82.4 Å². The summed E-state index contributed by atoms with van der Waals surface area (Å²) in [6.07, 6.45) is 0. The van der Waals surface area contributed by atoms with E-state index >= 15 is 0 Å². The molecule has 1 atom stereocenters. The average molecular weight is 188 g/mol. The molecule has 1 unspecified atom stereocenters. The van der Waals surface area contributed by atoms with Crippen LogP contribution >= 0.6 is 0 Å². The number of likely N-dealkylation sites (N-methyl/N-ethyl adjacent to an activating group) is 2. The molecule has 0 aromatic carbocycles. The van der Waals surface area contributed by atoms with Crippen LogP contribution in [0.15, 0.2) is 0 Å². The second-order valence-electron chi connectivity index (χ2n) is 3.59. The minimum absolute atomic E-state index is 0.486. The van der Waals surface area contributed by atoms with Crippen molar-refractivity contribution < 1.29 is 4.74 Å². The molecular weight excluding hydrogens is 164 g/mol. The van der Waals surface area contributed by atoms with Crippen LogP contribution in [0.5, 0.6) is 0 Å². The van der Waals surface area contributed by atoms with Crippen LogP contribution in [0.2, 0.25) is 0 Å². The van der Waals surface area contributed by atoms with E-state index in [-0.39, 0.29) is 0 Å². The van der Waals surface area contributed by atoms with Crippen molar-refractivity contribution in [2.24, 2.45) is 0 Å². The fourth-order valence-electron chi connectivity index (χ4n) is 1.74. The van der Waals surface area contributed by atoms with Gasteiger partial charge >= 0.3 is 0 Å². The Hall–Kier alpha value is -0.120. The zero-order valence-corrected chi connectivity index (χ0v) is 9.63. The van der Waals surface area contributed by atoms with E-state index in [4.69, 9.17) is 4.74 Å². The third kappa shape index (κ3) is 4.60. The topological polar surface area (TPSA) is 24.5 Å². The summed E-state index contributed by atoms with van der Waals surface area (Å²) in [5, 5.41) is 3.20. The first-order valence-electron chi connectivity index (χ1n) is 5.06. The summed E-state index contributed by atoms with van der Waals surface area (Å²) in [6, 6.07) is 1.07. The third-order valence-electron chi connectivity index (χ3n) is 2.30. The largest absolute Gasteiger partial charge is 0.383 e. The Morgan fingerprint density at radius 3 is 2.31 bits per heavy atom. The van der Waals surface area contributed by atoms with Crippen LogP contribution in [0.3, 0.4) is 0 Å². The second kappa shape index (κ2) is 7.30. The molecule has 13 heavy (non-hydrogen) atoms. The molecule has 0 amide bonds. The molecule has 0 bridgehead atoms. The standard InChI is InChI=1S/C10H24N2O/c1-6-12(9(2)3)10(7-11-4)8-13-5/h9-11H,6-8H2,1-5H3. The number of ether oxygens (including phenoxy) is 1. The van der Waals surface area contributed by atoms with Gasteiger partial charge in [-0.1, -0.05) is 6.92 Å². The van der Waals surface area contributed by atoms with Gasteiger partial charge in [-0.05, 0) is 27.4 Å². The van der Waals surface area contributed by atoms with Crippen LogP contribution in [0.1, 0.15) is 20.8 Å². The van der Waals surface area contributed by atoms with Crippen molar-refractivity contribution in [1.29, 1.82) is 0 Å². The van der Waals surface area contributed by atoms with E-state index in [0.29, 0.717) is 12.1 Å². The van der Waals surface area contributed by atoms with Crippen molar-refractivity contribution >= 4 is 0 Å². The lowest BCUT2D eigenvalue weighted by Crippen LogP contribution is -2.47. The van der Waals surface area contributed by atoms with Gasteiger partial charge < -0.3 is 10.1 Å². The van der Waals surface area contributed by atoms with Gasteiger partial charge in [0, 0.05) is 25.7 Å². The Morgan fingerprint density at radius 1 is 1.38 bits per heavy atom. The maximum atomic E-state index is 5.21. The molecular formula is C10H24N2O. The molecule has 0 heterocycles. The first-order chi connectivity index (χ1) is 6.17. The first-order valence-corrected chi connectivity index (χ1v) is 5.06. The molecule has 0 rings (SSSR count). The van der Waals surface area contributed by atoms with Crippen LogP contribution in [-0.2, 0) is 4.74 Å². The molecule has 1 N–H and O–H groups in total. The van der Waals surface area contributed by atoms with Crippen molar-refractivity contribution in [3.8, 4) is 0 Å². The lowest BCUT2D eigenvalue weighted by molar-refractivity contribution is 0.0744. The van der Waals surface area contributed by atoms with Crippen LogP contribution in [0.4, 0.5) is 0 Å². The summed E-state index contributed by atoms with van der Waals surface area (Å²) in [5.74, 6) is 0. The number of rotatable bonds is 7. The van der Waals surface area contributed by atoms with Gasteiger partial charge in [-0.3, -0.25) is 4.90 Å². The zero-order valence-electron chi connectivity index (χ0n) is 9.63. The third-order valence-corrected chi connectivity index (χ3v) is 2.30. The molecule has 0 aliphatic rings. The van der Waals surface area contributed by atoms with Crippen molar-refractivity contribution in [2.45, 2.75) is 32.9 Å². The molecule has 0 spiro atoms. The zero-order chi connectivity index (χ0) is 10.3.